The summed E-state index contributed by atoms with van der Waals surface area (Å²) in [6.45, 7) is 4.42. The van der Waals surface area contributed by atoms with Crippen LogP contribution in [0.3, 0.4) is 0 Å². The standard InChI is InChI=1S/C23H24N2O4/c1-15(2)10-11-24-21(22(26)27)12-17-14-25-20-9-8-18(13-19(17)20)29-23(28)16-6-4-3-5-7-16/h3-10,13-14,21,24-25H,11-12H2,1-2H3,(H,26,27)/t21-/m0/s1. The molecule has 0 radical (unpaired) electrons. The van der Waals surface area contributed by atoms with Crippen LogP contribution in [0.25, 0.3) is 10.9 Å². The average molecular weight is 392 g/mol. The van der Waals surface area contributed by atoms with Crippen molar-refractivity contribution in [2.24, 2.45) is 0 Å². The first kappa shape index (κ1) is 20.4. The van der Waals surface area contributed by atoms with Gasteiger partial charge in [-0.3, -0.25) is 4.79 Å². The molecule has 3 N–H and O–H groups in total. The summed E-state index contributed by atoms with van der Waals surface area (Å²) in [5.74, 6) is -0.932. The smallest absolute Gasteiger partial charge is 0.343 e. The minimum atomic E-state index is -0.909. The zero-order chi connectivity index (χ0) is 20.8. The summed E-state index contributed by atoms with van der Waals surface area (Å²) in [6.07, 6.45) is 4.06. The first-order chi connectivity index (χ1) is 13.9. The van der Waals surface area contributed by atoms with E-state index in [0.717, 1.165) is 22.0 Å². The van der Waals surface area contributed by atoms with Crippen LogP contribution in [0.5, 0.6) is 5.75 Å². The lowest BCUT2D eigenvalue weighted by molar-refractivity contribution is -0.139. The van der Waals surface area contributed by atoms with Crippen LogP contribution in [0.2, 0.25) is 0 Å². The minimum Gasteiger partial charge on any atom is -0.480 e. The molecule has 0 aliphatic rings. The number of rotatable bonds is 8. The molecule has 1 atom stereocenters. The van der Waals surface area contributed by atoms with Gasteiger partial charge in [0.25, 0.3) is 0 Å². The van der Waals surface area contributed by atoms with Crippen molar-refractivity contribution in [3.63, 3.8) is 0 Å². The van der Waals surface area contributed by atoms with Crippen molar-refractivity contribution in [2.45, 2.75) is 26.3 Å². The van der Waals surface area contributed by atoms with Crippen LogP contribution in [0.15, 0.2) is 66.4 Å². The molecule has 0 bridgehead atoms. The number of carbonyl (C=O) groups excluding carboxylic acids is 1. The first-order valence-electron chi connectivity index (χ1n) is 9.41. The number of carboxylic acids is 1. The molecule has 0 aliphatic heterocycles. The summed E-state index contributed by atoms with van der Waals surface area (Å²) < 4.78 is 5.48. The van der Waals surface area contributed by atoms with Crippen LogP contribution >= 0.6 is 0 Å². The highest BCUT2D eigenvalue weighted by molar-refractivity contribution is 5.92. The molecule has 6 heteroatoms. The maximum Gasteiger partial charge on any atom is 0.343 e. The third-order valence-electron chi connectivity index (χ3n) is 4.56. The Morgan fingerprint density at radius 1 is 1.17 bits per heavy atom. The summed E-state index contributed by atoms with van der Waals surface area (Å²) in [7, 11) is 0. The van der Waals surface area contributed by atoms with E-state index in [1.807, 2.05) is 32.1 Å². The van der Waals surface area contributed by atoms with Gasteiger partial charge in [0.2, 0.25) is 0 Å². The van der Waals surface area contributed by atoms with Gasteiger partial charge in [-0.05, 0) is 49.7 Å². The van der Waals surface area contributed by atoms with Gasteiger partial charge < -0.3 is 20.1 Å². The van der Waals surface area contributed by atoms with E-state index in [1.165, 1.54) is 0 Å². The van der Waals surface area contributed by atoms with Gasteiger partial charge in [0.05, 0.1) is 5.56 Å². The van der Waals surface area contributed by atoms with Crippen LogP contribution in [-0.2, 0) is 11.2 Å². The lowest BCUT2D eigenvalue weighted by atomic mass is 10.0. The zero-order valence-corrected chi connectivity index (χ0v) is 16.4. The zero-order valence-electron chi connectivity index (χ0n) is 16.4. The number of carbonyl (C=O) groups is 2. The number of allylic oxidation sites excluding steroid dienone is 1. The molecule has 3 rings (SSSR count). The van der Waals surface area contributed by atoms with Crippen molar-refractivity contribution in [1.29, 1.82) is 0 Å². The number of aromatic nitrogens is 1. The van der Waals surface area contributed by atoms with Crippen molar-refractivity contribution < 1.29 is 19.4 Å². The first-order valence-corrected chi connectivity index (χ1v) is 9.41. The largest absolute Gasteiger partial charge is 0.480 e. The molecule has 0 fully saturated rings. The quantitative estimate of drug-likeness (QED) is 0.307. The number of hydrogen-bond donors (Lipinski definition) is 3. The molecule has 0 saturated carbocycles. The van der Waals surface area contributed by atoms with Gasteiger partial charge >= 0.3 is 11.9 Å². The number of H-pyrrole nitrogens is 1. The minimum absolute atomic E-state index is 0.308. The summed E-state index contributed by atoms with van der Waals surface area (Å²) in [5, 5.41) is 13.4. The number of aliphatic carboxylic acids is 1. The van der Waals surface area contributed by atoms with Gasteiger partial charge in [-0.1, -0.05) is 29.8 Å². The van der Waals surface area contributed by atoms with Crippen molar-refractivity contribution in [2.75, 3.05) is 6.54 Å². The summed E-state index contributed by atoms with van der Waals surface area (Å²) >= 11 is 0. The SMILES string of the molecule is CC(C)=CCN[C@@H](Cc1c[nH]c2ccc(OC(=O)c3ccccc3)cc12)C(=O)O. The molecule has 2 aromatic carbocycles. The van der Waals surface area contributed by atoms with Crippen molar-refractivity contribution in [3.05, 3.63) is 77.5 Å². The summed E-state index contributed by atoms with van der Waals surface area (Å²) in [6, 6.07) is 13.3. The van der Waals surface area contributed by atoms with Crippen LogP contribution in [0.1, 0.15) is 29.8 Å². The van der Waals surface area contributed by atoms with E-state index in [4.69, 9.17) is 4.74 Å². The number of ether oxygens (including phenoxy) is 1. The predicted molar refractivity (Wildman–Crippen MR) is 112 cm³/mol. The third-order valence-corrected chi connectivity index (χ3v) is 4.56. The van der Waals surface area contributed by atoms with E-state index in [1.54, 1.807) is 42.6 Å². The average Bonchev–Trinajstić information content (AvgIpc) is 3.09. The van der Waals surface area contributed by atoms with Crippen molar-refractivity contribution >= 4 is 22.8 Å². The van der Waals surface area contributed by atoms with Gasteiger partial charge in [-0.25, -0.2) is 4.79 Å². The predicted octanol–water partition coefficient (Wildman–Crippen LogP) is 3.94. The van der Waals surface area contributed by atoms with E-state index < -0.39 is 18.0 Å². The Hall–Kier alpha value is -3.38. The van der Waals surface area contributed by atoms with Gasteiger partial charge in [-0.2, -0.15) is 0 Å². The number of hydrogen-bond acceptors (Lipinski definition) is 4. The third kappa shape index (κ3) is 5.33. The lowest BCUT2D eigenvalue weighted by Crippen LogP contribution is -2.38. The van der Waals surface area contributed by atoms with Crippen molar-refractivity contribution in [3.8, 4) is 5.75 Å². The normalized spacial score (nSPS) is 11.8. The lowest BCUT2D eigenvalue weighted by Gasteiger charge is -2.13. The summed E-state index contributed by atoms with van der Waals surface area (Å²) in [5.41, 5.74) is 3.29. The van der Waals surface area contributed by atoms with Crippen LogP contribution in [0, 0.1) is 0 Å². The fourth-order valence-electron chi connectivity index (χ4n) is 3.00. The number of fused-ring (bicyclic) bond motifs is 1. The molecule has 0 amide bonds. The molecule has 1 heterocycles. The molecule has 3 aromatic rings. The fraction of sp³-hybridized carbons (Fsp3) is 0.217. The van der Waals surface area contributed by atoms with Gasteiger partial charge in [0, 0.05) is 30.1 Å². The highest BCUT2D eigenvalue weighted by Gasteiger charge is 2.19. The number of nitrogens with one attached hydrogen (secondary N) is 2. The molecule has 0 saturated heterocycles. The number of esters is 1. The van der Waals surface area contributed by atoms with E-state index in [2.05, 4.69) is 10.3 Å². The second-order valence-corrected chi connectivity index (χ2v) is 7.06. The maximum absolute atomic E-state index is 12.3. The molecule has 1 aromatic heterocycles. The van der Waals surface area contributed by atoms with E-state index in [-0.39, 0.29) is 0 Å². The summed E-state index contributed by atoms with van der Waals surface area (Å²) in [4.78, 5) is 27.1. The van der Waals surface area contributed by atoms with Gasteiger partial charge in [0.1, 0.15) is 11.8 Å². The highest BCUT2D eigenvalue weighted by atomic mass is 16.5. The van der Waals surface area contributed by atoms with E-state index >= 15 is 0 Å². The van der Waals surface area contributed by atoms with Crippen LogP contribution < -0.4 is 10.1 Å². The Morgan fingerprint density at radius 3 is 2.62 bits per heavy atom. The number of benzene rings is 2. The number of aromatic amines is 1. The fourth-order valence-corrected chi connectivity index (χ4v) is 3.00. The molecular weight excluding hydrogens is 368 g/mol. The Morgan fingerprint density at radius 2 is 1.93 bits per heavy atom. The second-order valence-electron chi connectivity index (χ2n) is 7.06. The molecule has 150 valence electrons. The molecule has 0 spiro atoms. The Labute approximate surface area is 169 Å². The van der Waals surface area contributed by atoms with E-state index in [0.29, 0.717) is 24.3 Å². The molecule has 29 heavy (non-hydrogen) atoms. The molecular formula is C23H24N2O4. The van der Waals surface area contributed by atoms with Crippen LogP contribution in [0.4, 0.5) is 0 Å². The van der Waals surface area contributed by atoms with E-state index in [9.17, 15) is 14.7 Å². The molecule has 0 unspecified atom stereocenters. The molecule has 6 nitrogen and oxygen atoms in total. The van der Waals surface area contributed by atoms with Gasteiger partial charge in [0.15, 0.2) is 0 Å². The van der Waals surface area contributed by atoms with Crippen LogP contribution in [-0.4, -0.2) is 34.6 Å². The Bertz CT molecular complexity index is 1030. The van der Waals surface area contributed by atoms with Crippen molar-refractivity contribution in [1.82, 2.24) is 10.3 Å². The Balaban J connectivity index is 1.78. The monoisotopic (exact) mass is 392 g/mol. The highest BCUT2D eigenvalue weighted by Crippen LogP contribution is 2.25. The molecule has 0 aliphatic carbocycles. The Kier molecular flexibility index (Phi) is 6.46. The van der Waals surface area contributed by atoms with Gasteiger partial charge in [-0.15, -0.1) is 0 Å². The number of carboxylic acid groups (broad SMARTS) is 1. The topological polar surface area (TPSA) is 91.4 Å². The second kappa shape index (κ2) is 9.21. The maximum atomic E-state index is 12.3.